The fraction of sp³-hybridized carbons (Fsp3) is 0. The van der Waals surface area contributed by atoms with E-state index in [1.165, 1.54) is 12.3 Å². The van der Waals surface area contributed by atoms with E-state index >= 15 is 0 Å². The van der Waals surface area contributed by atoms with Crippen LogP contribution in [0.15, 0.2) is 29.2 Å². The van der Waals surface area contributed by atoms with Gasteiger partial charge in [0.05, 0.1) is 0 Å². The molecule has 0 spiro atoms. The van der Waals surface area contributed by atoms with Crippen molar-refractivity contribution in [1.82, 2.24) is 4.98 Å². The van der Waals surface area contributed by atoms with Gasteiger partial charge in [0, 0.05) is 6.20 Å². The Labute approximate surface area is 57.1 Å². The number of nitrogens with one attached hydrogen (secondary N) is 1. The van der Waals surface area contributed by atoms with Gasteiger partial charge in [-0.05, 0) is 12.1 Å². The Morgan fingerprint density at radius 2 is 2.30 bits per heavy atom. The van der Waals surface area contributed by atoms with Crippen molar-refractivity contribution >= 4 is 5.69 Å². The van der Waals surface area contributed by atoms with Gasteiger partial charge in [-0.2, -0.15) is 0 Å². The Hall–Kier alpha value is -1.42. The normalized spacial score (nSPS) is 8.90. The predicted molar refractivity (Wildman–Crippen MR) is 35.9 cm³/mol. The highest BCUT2D eigenvalue weighted by Crippen LogP contribution is 1.90. The van der Waals surface area contributed by atoms with Crippen LogP contribution in [0, 0.1) is 0 Å². The van der Waals surface area contributed by atoms with Gasteiger partial charge in [0.25, 0.3) is 5.56 Å². The molecule has 4 heteroatoms. The minimum absolute atomic E-state index is 0.0741. The van der Waals surface area contributed by atoms with Gasteiger partial charge in [0.1, 0.15) is 5.69 Å². The van der Waals surface area contributed by atoms with Crippen molar-refractivity contribution in [3.05, 3.63) is 34.7 Å². The summed E-state index contributed by atoms with van der Waals surface area (Å²) in [4.78, 5) is 14.2. The van der Waals surface area contributed by atoms with E-state index in [1.54, 1.807) is 17.6 Å². The van der Waals surface area contributed by atoms with Crippen molar-refractivity contribution in [2.45, 2.75) is 0 Å². The monoisotopic (exact) mass is 138 g/mol. The SMILES string of the molecule is O=c1nccccc1NO. The maximum Gasteiger partial charge on any atom is 0.295 e. The molecule has 0 atom stereocenters. The Kier molecular flexibility index (Phi) is 1.96. The van der Waals surface area contributed by atoms with Gasteiger partial charge in [-0.1, -0.05) is 6.07 Å². The van der Waals surface area contributed by atoms with Crippen LogP contribution in [0.4, 0.5) is 5.69 Å². The standard InChI is InChI=1S/C6H6N2O2/c9-6-5(8-10)3-1-2-4-7-6/h1-4,10H,(H,7,8,9). The molecule has 52 valence electrons. The zero-order valence-corrected chi connectivity index (χ0v) is 5.11. The molecular weight excluding hydrogens is 132 g/mol. The van der Waals surface area contributed by atoms with Crippen molar-refractivity contribution in [3.8, 4) is 0 Å². The van der Waals surface area contributed by atoms with Crippen molar-refractivity contribution < 1.29 is 5.21 Å². The molecular formula is C6H6N2O2. The quantitative estimate of drug-likeness (QED) is 0.546. The molecule has 10 heavy (non-hydrogen) atoms. The highest BCUT2D eigenvalue weighted by molar-refractivity contribution is 5.35. The first-order valence-electron chi connectivity index (χ1n) is 2.70. The lowest BCUT2D eigenvalue weighted by atomic mass is 10.5. The summed E-state index contributed by atoms with van der Waals surface area (Å²) in [6.07, 6.45) is 1.36. The molecule has 0 bridgehead atoms. The summed E-state index contributed by atoms with van der Waals surface area (Å²) in [5.74, 6) is 0. The molecule has 0 aliphatic rings. The summed E-state index contributed by atoms with van der Waals surface area (Å²) in [5.41, 5.74) is 1.34. The zero-order valence-electron chi connectivity index (χ0n) is 5.11. The molecule has 0 saturated carbocycles. The number of hydrogen-bond acceptors (Lipinski definition) is 4. The van der Waals surface area contributed by atoms with Crippen molar-refractivity contribution in [3.63, 3.8) is 0 Å². The second-order valence-corrected chi connectivity index (χ2v) is 1.66. The van der Waals surface area contributed by atoms with Crippen LogP contribution >= 0.6 is 0 Å². The molecule has 0 aliphatic heterocycles. The van der Waals surface area contributed by atoms with Gasteiger partial charge in [-0.3, -0.25) is 15.5 Å². The number of anilines is 1. The molecule has 0 amide bonds. The number of rotatable bonds is 1. The molecule has 0 aliphatic carbocycles. The van der Waals surface area contributed by atoms with Crippen molar-refractivity contribution in [2.24, 2.45) is 0 Å². The Bertz CT molecular complexity index is 274. The number of nitrogens with zero attached hydrogens (tertiary/aromatic N) is 1. The maximum atomic E-state index is 10.7. The largest absolute Gasteiger partial charge is 0.295 e. The van der Waals surface area contributed by atoms with Crippen LogP contribution in [0.2, 0.25) is 0 Å². The second-order valence-electron chi connectivity index (χ2n) is 1.66. The molecule has 1 aromatic heterocycles. The summed E-state index contributed by atoms with van der Waals surface area (Å²) in [6.45, 7) is 0. The Morgan fingerprint density at radius 1 is 1.50 bits per heavy atom. The van der Waals surface area contributed by atoms with Crippen LogP contribution in [0.5, 0.6) is 0 Å². The lowest BCUT2D eigenvalue weighted by Gasteiger charge is -1.87. The molecule has 0 aromatic carbocycles. The lowest BCUT2D eigenvalue weighted by molar-refractivity contribution is 0.388. The zero-order chi connectivity index (χ0) is 7.40. The summed E-state index contributed by atoms with van der Waals surface area (Å²) in [5, 5.41) is 8.34. The van der Waals surface area contributed by atoms with Gasteiger partial charge in [-0.25, -0.2) is 4.98 Å². The third-order valence-electron chi connectivity index (χ3n) is 1.00. The van der Waals surface area contributed by atoms with E-state index in [-0.39, 0.29) is 5.69 Å². The molecule has 0 radical (unpaired) electrons. The topological polar surface area (TPSA) is 62.2 Å². The Balaban J connectivity index is 3.28. The highest BCUT2D eigenvalue weighted by Gasteiger charge is 1.90. The molecule has 1 aromatic rings. The molecule has 2 N–H and O–H groups in total. The van der Waals surface area contributed by atoms with Gasteiger partial charge in [0.2, 0.25) is 0 Å². The van der Waals surface area contributed by atoms with Crippen molar-refractivity contribution in [1.29, 1.82) is 0 Å². The van der Waals surface area contributed by atoms with E-state index in [0.29, 0.717) is 0 Å². The number of hydrogen-bond donors (Lipinski definition) is 2. The molecule has 1 heterocycles. The minimum atomic E-state index is -0.479. The van der Waals surface area contributed by atoms with E-state index in [2.05, 4.69) is 4.98 Å². The highest BCUT2D eigenvalue weighted by atomic mass is 16.5. The van der Waals surface area contributed by atoms with Gasteiger partial charge in [-0.15, -0.1) is 0 Å². The average molecular weight is 138 g/mol. The first-order valence-corrected chi connectivity index (χ1v) is 2.70. The third kappa shape index (κ3) is 1.29. The number of aromatic nitrogens is 1. The van der Waals surface area contributed by atoms with Gasteiger partial charge < -0.3 is 0 Å². The Morgan fingerprint density at radius 3 is 3.00 bits per heavy atom. The van der Waals surface area contributed by atoms with Crippen LogP contribution in [0.3, 0.4) is 0 Å². The summed E-state index contributed by atoms with van der Waals surface area (Å²) < 4.78 is 0. The van der Waals surface area contributed by atoms with Crippen LogP contribution in [-0.4, -0.2) is 10.2 Å². The summed E-state index contributed by atoms with van der Waals surface area (Å²) in [7, 11) is 0. The van der Waals surface area contributed by atoms with Crippen molar-refractivity contribution in [2.75, 3.05) is 5.48 Å². The van der Waals surface area contributed by atoms with Crippen LogP contribution in [-0.2, 0) is 0 Å². The fourth-order valence-corrected chi connectivity index (χ4v) is 0.538. The van der Waals surface area contributed by atoms with Gasteiger partial charge >= 0.3 is 0 Å². The first kappa shape index (κ1) is 6.70. The molecule has 0 unspecified atom stereocenters. The van der Waals surface area contributed by atoms with E-state index in [1.807, 2.05) is 0 Å². The first-order chi connectivity index (χ1) is 4.84. The smallest absolute Gasteiger partial charge is 0.291 e. The second kappa shape index (κ2) is 2.93. The van der Waals surface area contributed by atoms with E-state index in [9.17, 15) is 4.79 Å². The molecule has 0 saturated heterocycles. The lowest BCUT2D eigenvalue weighted by Crippen LogP contribution is -2.07. The van der Waals surface area contributed by atoms with Crippen LogP contribution in [0.25, 0.3) is 0 Å². The predicted octanol–water partition coefficient (Wildman–Crippen LogP) is 0.243. The maximum absolute atomic E-state index is 10.7. The summed E-state index contributed by atoms with van der Waals surface area (Å²) >= 11 is 0. The molecule has 1 rings (SSSR count). The van der Waals surface area contributed by atoms with E-state index < -0.39 is 5.56 Å². The minimum Gasteiger partial charge on any atom is -0.291 e. The molecule has 4 nitrogen and oxygen atoms in total. The average Bonchev–Trinajstić information content (AvgIpc) is 2.13. The van der Waals surface area contributed by atoms with E-state index in [0.717, 1.165) is 0 Å². The third-order valence-corrected chi connectivity index (χ3v) is 1.00. The summed E-state index contributed by atoms with van der Waals surface area (Å²) in [6, 6.07) is 4.64. The molecule has 0 fully saturated rings. The van der Waals surface area contributed by atoms with Crippen LogP contribution < -0.4 is 11.0 Å². The van der Waals surface area contributed by atoms with E-state index in [4.69, 9.17) is 5.21 Å². The fourth-order valence-electron chi connectivity index (χ4n) is 0.538. The van der Waals surface area contributed by atoms with Crippen LogP contribution in [0.1, 0.15) is 0 Å². The van der Waals surface area contributed by atoms with Gasteiger partial charge in [0.15, 0.2) is 0 Å².